The zero-order chi connectivity index (χ0) is 12.6. The van der Waals surface area contributed by atoms with Gasteiger partial charge in [-0.3, -0.25) is 0 Å². The normalized spacial score (nSPS) is 9.76. The van der Waals surface area contributed by atoms with Gasteiger partial charge in [-0.2, -0.15) is 10.5 Å². The molecular weight excluding hydrogens is 260 g/mol. The van der Waals surface area contributed by atoms with Gasteiger partial charge in [0.1, 0.15) is 0 Å². The summed E-state index contributed by atoms with van der Waals surface area (Å²) >= 11 is 3.05. The largest absolute Gasteiger partial charge is 0.370 e. The van der Waals surface area contributed by atoms with E-state index in [1.54, 1.807) is 0 Å². The van der Waals surface area contributed by atoms with E-state index in [-0.39, 0.29) is 0 Å². The number of hydrogen-bond donors (Lipinski definition) is 0. The Morgan fingerprint density at radius 2 is 1.12 bits per heavy atom. The first kappa shape index (κ1) is 16.6. The van der Waals surface area contributed by atoms with Gasteiger partial charge in [0.15, 0.2) is 0 Å². The second-order valence-electron chi connectivity index (χ2n) is 2.72. The third-order valence-corrected chi connectivity index (χ3v) is 2.72. The zero-order valence-corrected chi connectivity index (χ0v) is 11.2. The van der Waals surface area contributed by atoms with Crippen LogP contribution < -0.4 is 0 Å². The van der Waals surface area contributed by atoms with Crippen molar-refractivity contribution in [2.45, 2.75) is 12.8 Å². The summed E-state index contributed by atoms with van der Waals surface area (Å²) < 4.78 is 15.6. The molecule has 17 heavy (non-hydrogen) atoms. The Morgan fingerprint density at radius 1 is 0.706 bits per heavy atom. The summed E-state index contributed by atoms with van der Waals surface area (Å²) in [5, 5.41) is 16.5. The highest BCUT2D eigenvalue weighted by atomic mass is 32.2. The molecule has 0 aliphatic carbocycles. The molecule has 0 aromatic carbocycles. The average molecular weight is 276 g/mol. The number of nitriles is 2. The molecule has 96 valence electrons. The summed E-state index contributed by atoms with van der Waals surface area (Å²) in [4.78, 5) is 0. The van der Waals surface area contributed by atoms with Crippen LogP contribution in [-0.2, 0) is 14.2 Å². The molecule has 0 fully saturated rings. The average Bonchev–Trinajstić information content (AvgIpc) is 2.35. The van der Waals surface area contributed by atoms with Crippen molar-refractivity contribution in [1.82, 2.24) is 0 Å². The summed E-state index contributed by atoms with van der Waals surface area (Å²) in [6, 6.07) is 4.01. The molecule has 0 bridgehead atoms. The fraction of sp³-hybridized carbons (Fsp3) is 0.800. The summed E-state index contributed by atoms with van der Waals surface area (Å²) in [5.74, 6) is 2.23. The molecule has 0 heterocycles. The highest BCUT2D eigenvalue weighted by Gasteiger charge is 1.92. The standard InChI is InChI=1S/C10H16N2O3S2/c11-3-1-5-13-7-16-9-15-10-17-8-14-6-2-4-12/h1-2,5-10H2. The molecular formula is C10H16N2O3S2. The van der Waals surface area contributed by atoms with Crippen molar-refractivity contribution in [3.63, 3.8) is 0 Å². The third kappa shape index (κ3) is 15.6. The van der Waals surface area contributed by atoms with Gasteiger partial charge < -0.3 is 14.2 Å². The maximum absolute atomic E-state index is 8.25. The Bertz CT molecular complexity index is 217. The number of hydrogen-bond acceptors (Lipinski definition) is 7. The van der Waals surface area contributed by atoms with Crippen LogP contribution in [0.5, 0.6) is 0 Å². The lowest BCUT2D eigenvalue weighted by Gasteiger charge is -2.04. The highest BCUT2D eigenvalue weighted by Crippen LogP contribution is 2.06. The van der Waals surface area contributed by atoms with Crippen LogP contribution in [0.4, 0.5) is 0 Å². The van der Waals surface area contributed by atoms with Gasteiger partial charge in [0.2, 0.25) is 0 Å². The minimum Gasteiger partial charge on any atom is -0.370 e. The zero-order valence-electron chi connectivity index (χ0n) is 9.59. The van der Waals surface area contributed by atoms with Gasteiger partial charge in [-0.25, -0.2) is 0 Å². The molecule has 0 unspecified atom stereocenters. The van der Waals surface area contributed by atoms with Crippen molar-refractivity contribution in [2.75, 3.05) is 37.0 Å². The van der Waals surface area contributed by atoms with E-state index in [1.807, 2.05) is 12.1 Å². The number of rotatable bonds is 12. The second kappa shape index (κ2) is 15.6. The van der Waals surface area contributed by atoms with Crippen LogP contribution in [-0.4, -0.2) is 37.0 Å². The monoisotopic (exact) mass is 276 g/mol. The Hall–Kier alpha value is -0.440. The number of thioether (sulfide) groups is 2. The Balaban J connectivity index is 2.90. The lowest BCUT2D eigenvalue weighted by atomic mass is 10.5. The molecule has 0 saturated carbocycles. The van der Waals surface area contributed by atoms with Crippen LogP contribution in [0.1, 0.15) is 12.8 Å². The van der Waals surface area contributed by atoms with Crippen molar-refractivity contribution in [1.29, 1.82) is 10.5 Å². The molecule has 0 aromatic rings. The van der Waals surface area contributed by atoms with Crippen molar-refractivity contribution >= 4 is 23.5 Å². The molecule has 0 aliphatic rings. The maximum Gasteiger partial charge on any atom is 0.0954 e. The molecule has 0 aromatic heterocycles. The maximum atomic E-state index is 8.25. The predicted molar refractivity (Wildman–Crippen MR) is 68.1 cm³/mol. The molecule has 0 radical (unpaired) electrons. The smallest absolute Gasteiger partial charge is 0.0954 e. The molecule has 0 amide bonds. The first-order valence-electron chi connectivity index (χ1n) is 5.04. The summed E-state index contributed by atoms with van der Waals surface area (Å²) in [7, 11) is 0. The molecule has 0 rings (SSSR count). The minimum atomic E-state index is 0.428. The molecule has 0 aliphatic heterocycles. The van der Waals surface area contributed by atoms with Gasteiger partial charge in [0.25, 0.3) is 0 Å². The second-order valence-corrected chi connectivity index (χ2v) is 4.48. The van der Waals surface area contributed by atoms with Crippen LogP contribution in [0, 0.1) is 22.7 Å². The third-order valence-electron chi connectivity index (χ3n) is 1.38. The van der Waals surface area contributed by atoms with E-state index < -0.39 is 0 Å². The van der Waals surface area contributed by atoms with Gasteiger partial charge in [0, 0.05) is 0 Å². The summed E-state index contributed by atoms with van der Waals surface area (Å²) in [6.45, 7) is 0.954. The first-order valence-corrected chi connectivity index (χ1v) is 7.35. The minimum absolute atomic E-state index is 0.428. The van der Waals surface area contributed by atoms with Crippen LogP contribution in [0.15, 0.2) is 0 Å². The van der Waals surface area contributed by atoms with Crippen LogP contribution >= 0.6 is 23.5 Å². The van der Waals surface area contributed by atoms with E-state index in [0.29, 0.717) is 49.8 Å². The summed E-state index contributed by atoms with van der Waals surface area (Å²) in [5.41, 5.74) is 0. The van der Waals surface area contributed by atoms with Gasteiger partial charge in [-0.05, 0) is 0 Å². The topological polar surface area (TPSA) is 75.3 Å². The van der Waals surface area contributed by atoms with Crippen molar-refractivity contribution < 1.29 is 14.2 Å². The van der Waals surface area contributed by atoms with Gasteiger partial charge >= 0.3 is 0 Å². The molecule has 0 atom stereocenters. The molecule has 5 nitrogen and oxygen atoms in total. The first-order chi connectivity index (χ1) is 8.41. The van der Waals surface area contributed by atoms with E-state index >= 15 is 0 Å². The lowest BCUT2D eigenvalue weighted by Crippen LogP contribution is -1.98. The summed E-state index contributed by atoms with van der Waals surface area (Å²) in [6.07, 6.45) is 0.856. The van der Waals surface area contributed by atoms with Crippen LogP contribution in [0.3, 0.4) is 0 Å². The molecule has 0 spiro atoms. The van der Waals surface area contributed by atoms with Crippen LogP contribution in [0.25, 0.3) is 0 Å². The fourth-order valence-electron chi connectivity index (χ4n) is 0.691. The molecule has 7 heteroatoms. The predicted octanol–water partition coefficient (Wildman–Crippen LogP) is 2.16. The van der Waals surface area contributed by atoms with Crippen molar-refractivity contribution in [3.8, 4) is 12.1 Å². The highest BCUT2D eigenvalue weighted by molar-refractivity contribution is 7.99. The van der Waals surface area contributed by atoms with Crippen molar-refractivity contribution in [3.05, 3.63) is 0 Å². The van der Waals surface area contributed by atoms with Gasteiger partial charge in [0.05, 0.1) is 61.9 Å². The van der Waals surface area contributed by atoms with E-state index in [1.165, 1.54) is 23.5 Å². The van der Waals surface area contributed by atoms with E-state index in [9.17, 15) is 0 Å². The van der Waals surface area contributed by atoms with Gasteiger partial charge in [-0.1, -0.05) is 0 Å². The van der Waals surface area contributed by atoms with Crippen LogP contribution in [0.2, 0.25) is 0 Å². The fourth-order valence-corrected chi connectivity index (χ4v) is 1.81. The SMILES string of the molecule is N#CCCOCSCOCSCOCCC#N. The van der Waals surface area contributed by atoms with Gasteiger partial charge in [-0.15, -0.1) is 23.5 Å². The Labute approximate surface area is 110 Å². The Morgan fingerprint density at radius 3 is 1.53 bits per heavy atom. The van der Waals surface area contributed by atoms with E-state index in [0.717, 1.165) is 0 Å². The van der Waals surface area contributed by atoms with Crippen molar-refractivity contribution in [2.24, 2.45) is 0 Å². The van der Waals surface area contributed by atoms with E-state index in [2.05, 4.69) is 0 Å². The van der Waals surface area contributed by atoms with E-state index in [4.69, 9.17) is 24.7 Å². The quantitative estimate of drug-likeness (QED) is 0.399. The molecule has 0 N–H and O–H groups in total. The lowest BCUT2D eigenvalue weighted by molar-refractivity contribution is 0.181. The number of nitrogens with zero attached hydrogens (tertiary/aromatic N) is 2. The Kier molecular flexibility index (Phi) is 15.2. The number of ether oxygens (including phenoxy) is 3. The molecule has 0 saturated heterocycles.